The molecule has 5 N–H and O–H groups in total. The second-order valence-electron chi connectivity index (χ2n) is 6.00. The van der Waals surface area contributed by atoms with E-state index < -0.39 is 28.6 Å². The van der Waals surface area contributed by atoms with Crippen LogP contribution < -0.4 is 16.9 Å². The highest BCUT2D eigenvalue weighted by Crippen LogP contribution is 2.30. The molecule has 0 aliphatic heterocycles. The van der Waals surface area contributed by atoms with E-state index in [0.29, 0.717) is 11.3 Å². The fourth-order valence-corrected chi connectivity index (χ4v) is 2.94. The Morgan fingerprint density at radius 2 is 1.77 bits per heavy atom. The lowest BCUT2D eigenvalue weighted by atomic mass is 10.0. The molecule has 2 aromatic carbocycles. The van der Waals surface area contributed by atoms with Gasteiger partial charge in [0.25, 0.3) is 0 Å². The molecule has 0 atom stereocenters. The van der Waals surface area contributed by atoms with Gasteiger partial charge in [-0.05, 0) is 43.2 Å². The lowest BCUT2D eigenvalue weighted by Gasteiger charge is -2.18. The first-order valence-corrected chi connectivity index (χ1v) is 7.56. The van der Waals surface area contributed by atoms with E-state index in [2.05, 4.69) is 0 Å². The Kier molecular flexibility index (Phi) is 3.91. The van der Waals surface area contributed by atoms with Gasteiger partial charge in [-0.25, -0.2) is 13.6 Å². The van der Waals surface area contributed by atoms with Crippen molar-refractivity contribution in [2.45, 2.75) is 13.8 Å². The molecule has 1 heterocycles. The Labute approximate surface area is 146 Å². The summed E-state index contributed by atoms with van der Waals surface area (Å²) in [6.45, 7) is 3.11. The van der Waals surface area contributed by atoms with Crippen molar-refractivity contribution in [1.82, 2.24) is 4.57 Å². The van der Waals surface area contributed by atoms with E-state index >= 15 is 0 Å². The van der Waals surface area contributed by atoms with Crippen molar-refractivity contribution < 1.29 is 18.7 Å². The number of fused-ring (bicyclic) bond motifs is 1. The van der Waals surface area contributed by atoms with E-state index in [-0.39, 0.29) is 27.8 Å². The summed E-state index contributed by atoms with van der Waals surface area (Å²) in [5, 5.41) is 9.20. The number of hydrogen-bond donors (Lipinski definition) is 3. The van der Waals surface area contributed by atoms with Crippen LogP contribution in [0.4, 0.5) is 20.2 Å². The SMILES string of the molecule is Cc1cc(F)c(N)cc1-n1cc(C(=O)O)c(=O)c2cc(F)c(N)c(C)c21. The molecule has 3 rings (SSSR count). The zero-order valence-corrected chi connectivity index (χ0v) is 13.9. The van der Waals surface area contributed by atoms with E-state index in [4.69, 9.17) is 11.5 Å². The summed E-state index contributed by atoms with van der Waals surface area (Å²) >= 11 is 0. The van der Waals surface area contributed by atoms with Crippen molar-refractivity contribution >= 4 is 28.2 Å². The number of aromatic carboxylic acids is 1. The number of halogens is 2. The quantitative estimate of drug-likeness (QED) is 0.609. The zero-order valence-electron chi connectivity index (χ0n) is 13.9. The molecule has 26 heavy (non-hydrogen) atoms. The van der Waals surface area contributed by atoms with Crippen LogP contribution in [-0.2, 0) is 0 Å². The summed E-state index contributed by atoms with van der Waals surface area (Å²) in [5.74, 6) is -2.91. The minimum Gasteiger partial charge on any atom is -0.477 e. The number of carbonyl (C=O) groups is 1. The molecule has 0 saturated carbocycles. The van der Waals surface area contributed by atoms with Gasteiger partial charge in [-0.15, -0.1) is 0 Å². The number of nitrogens with two attached hydrogens (primary N) is 2. The monoisotopic (exact) mass is 359 g/mol. The van der Waals surface area contributed by atoms with E-state index in [1.165, 1.54) is 23.6 Å². The molecule has 0 spiro atoms. The number of anilines is 2. The molecule has 0 aliphatic rings. The fourth-order valence-electron chi connectivity index (χ4n) is 2.94. The highest BCUT2D eigenvalue weighted by Gasteiger charge is 2.20. The first kappa shape index (κ1) is 17.4. The van der Waals surface area contributed by atoms with Gasteiger partial charge in [-0.1, -0.05) is 0 Å². The van der Waals surface area contributed by atoms with Crippen molar-refractivity contribution in [2.24, 2.45) is 0 Å². The molecule has 0 unspecified atom stereocenters. The molecule has 0 aliphatic carbocycles. The van der Waals surface area contributed by atoms with Crippen LogP contribution >= 0.6 is 0 Å². The minimum atomic E-state index is -1.46. The molecule has 0 fully saturated rings. The van der Waals surface area contributed by atoms with Gasteiger partial charge in [-0.2, -0.15) is 0 Å². The summed E-state index contributed by atoms with van der Waals surface area (Å²) in [6.07, 6.45) is 1.11. The predicted octanol–water partition coefficient (Wildman–Crippen LogP) is 2.75. The van der Waals surface area contributed by atoms with Crippen LogP contribution in [0, 0.1) is 25.5 Å². The van der Waals surface area contributed by atoms with Crippen molar-refractivity contribution in [3.05, 3.63) is 62.9 Å². The van der Waals surface area contributed by atoms with Crippen molar-refractivity contribution in [3.63, 3.8) is 0 Å². The second-order valence-corrected chi connectivity index (χ2v) is 6.00. The van der Waals surface area contributed by atoms with Crippen molar-refractivity contribution in [3.8, 4) is 5.69 Å². The molecule has 0 saturated heterocycles. The number of aryl methyl sites for hydroxylation is 2. The molecule has 8 heteroatoms. The maximum Gasteiger partial charge on any atom is 0.341 e. The van der Waals surface area contributed by atoms with E-state index in [9.17, 15) is 23.5 Å². The highest BCUT2D eigenvalue weighted by molar-refractivity contribution is 5.95. The number of pyridine rings is 1. The molecule has 6 nitrogen and oxygen atoms in total. The van der Waals surface area contributed by atoms with Crippen LogP contribution in [0.15, 0.2) is 29.2 Å². The summed E-state index contributed by atoms with van der Waals surface area (Å²) in [5.41, 5.74) is 11.0. The molecular formula is C18H15F2N3O3. The van der Waals surface area contributed by atoms with E-state index in [1.54, 1.807) is 6.92 Å². The van der Waals surface area contributed by atoms with Gasteiger partial charge in [0, 0.05) is 6.20 Å². The van der Waals surface area contributed by atoms with E-state index in [1.807, 2.05) is 0 Å². The largest absolute Gasteiger partial charge is 0.477 e. The Bertz CT molecular complexity index is 1150. The topological polar surface area (TPSA) is 111 Å². The third-order valence-corrected chi connectivity index (χ3v) is 4.34. The smallest absolute Gasteiger partial charge is 0.341 e. The second kappa shape index (κ2) is 5.83. The number of aromatic nitrogens is 1. The molecule has 0 radical (unpaired) electrons. The minimum absolute atomic E-state index is 0.142. The lowest BCUT2D eigenvalue weighted by molar-refractivity contribution is 0.0695. The first-order chi connectivity index (χ1) is 12.1. The molecule has 3 aromatic rings. The number of nitrogen functional groups attached to an aromatic ring is 2. The highest BCUT2D eigenvalue weighted by atomic mass is 19.1. The van der Waals surface area contributed by atoms with Gasteiger partial charge in [0.2, 0.25) is 5.43 Å². The Morgan fingerprint density at radius 3 is 2.38 bits per heavy atom. The fraction of sp³-hybridized carbons (Fsp3) is 0.111. The van der Waals surface area contributed by atoms with Gasteiger partial charge in [0.15, 0.2) is 0 Å². The van der Waals surface area contributed by atoms with Crippen molar-refractivity contribution in [2.75, 3.05) is 11.5 Å². The maximum atomic E-state index is 14.1. The van der Waals surface area contributed by atoms with Crippen LogP contribution in [0.3, 0.4) is 0 Å². The number of rotatable bonds is 2. The normalized spacial score (nSPS) is 11.1. The summed E-state index contributed by atoms with van der Waals surface area (Å²) in [6, 6.07) is 3.42. The van der Waals surface area contributed by atoms with Crippen LogP contribution in [0.2, 0.25) is 0 Å². The number of carboxylic acids is 1. The predicted molar refractivity (Wildman–Crippen MR) is 94.7 cm³/mol. The zero-order chi connectivity index (χ0) is 19.3. The first-order valence-electron chi connectivity index (χ1n) is 7.56. The Balaban J connectivity index is 2.59. The summed E-state index contributed by atoms with van der Waals surface area (Å²) in [4.78, 5) is 24.0. The number of nitrogens with zero attached hydrogens (tertiary/aromatic N) is 1. The standard InChI is InChI=1S/C18H15F2N3O3/c1-7-3-11(19)13(21)5-14(7)23-6-10(18(25)26)17(24)9-4-12(20)15(22)8(2)16(9)23/h3-6H,21-22H2,1-2H3,(H,25,26). The average molecular weight is 359 g/mol. The molecule has 0 amide bonds. The maximum absolute atomic E-state index is 14.1. The third kappa shape index (κ3) is 2.46. The van der Waals surface area contributed by atoms with E-state index in [0.717, 1.165) is 12.3 Å². The van der Waals surface area contributed by atoms with Crippen LogP contribution in [-0.4, -0.2) is 15.6 Å². The molecule has 0 bridgehead atoms. The van der Waals surface area contributed by atoms with Gasteiger partial charge < -0.3 is 21.1 Å². The summed E-state index contributed by atoms with van der Waals surface area (Å²) in [7, 11) is 0. The summed E-state index contributed by atoms with van der Waals surface area (Å²) < 4.78 is 29.1. The van der Waals surface area contributed by atoms with Gasteiger partial charge in [0.1, 0.15) is 17.2 Å². The average Bonchev–Trinajstić information content (AvgIpc) is 2.57. The van der Waals surface area contributed by atoms with Crippen LogP contribution in [0.5, 0.6) is 0 Å². The van der Waals surface area contributed by atoms with Gasteiger partial charge in [0.05, 0.1) is 28.0 Å². The number of carboxylic acid groups (broad SMARTS) is 1. The van der Waals surface area contributed by atoms with Crippen LogP contribution in [0.1, 0.15) is 21.5 Å². The third-order valence-electron chi connectivity index (χ3n) is 4.34. The lowest BCUT2D eigenvalue weighted by Crippen LogP contribution is -2.20. The molecular weight excluding hydrogens is 344 g/mol. The van der Waals surface area contributed by atoms with Gasteiger partial charge >= 0.3 is 5.97 Å². The Hall–Kier alpha value is -3.42. The number of hydrogen-bond acceptors (Lipinski definition) is 4. The van der Waals surface area contributed by atoms with Crippen molar-refractivity contribution in [1.29, 1.82) is 0 Å². The molecule has 1 aromatic heterocycles. The molecule has 134 valence electrons. The van der Waals surface area contributed by atoms with Crippen LogP contribution in [0.25, 0.3) is 16.6 Å². The Morgan fingerprint density at radius 1 is 1.12 bits per heavy atom. The van der Waals surface area contributed by atoms with Gasteiger partial charge in [-0.3, -0.25) is 4.79 Å². The number of benzene rings is 2.